The van der Waals surface area contributed by atoms with E-state index in [-0.39, 0.29) is 12.7 Å². The van der Waals surface area contributed by atoms with E-state index in [4.69, 9.17) is 9.47 Å². The summed E-state index contributed by atoms with van der Waals surface area (Å²) in [6.45, 7) is 1.14. The molecule has 0 aliphatic rings. The molecule has 132 valence electrons. The molecule has 25 heavy (non-hydrogen) atoms. The van der Waals surface area contributed by atoms with Crippen LogP contribution in [0.4, 0.5) is 4.79 Å². The molecule has 0 atom stereocenters. The summed E-state index contributed by atoms with van der Waals surface area (Å²) in [6, 6.07) is 17.1. The molecule has 0 unspecified atom stereocenters. The Morgan fingerprint density at radius 2 is 1.76 bits per heavy atom. The number of carbonyl (C=O) groups excluding carboxylic acids is 2. The number of amides is 1. The summed E-state index contributed by atoms with van der Waals surface area (Å²) in [4.78, 5) is 24.6. The van der Waals surface area contributed by atoms with E-state index >= 15 is 0 Å². The molecule has 0 aliphatic heterocycles. The number of hydrogen-bond donors (Lipinski definition) is 0. The van der Waals surface area contributed by atoms with Gasteiger partial charge in [0.05, 0.1) is 7.11 Å². The van der Waals surface area contributed by atoms with Crippen LogP contribution < -0.4 is 4.74 Å². The van der Waals surface area contributed by atoms with Crippen molar-refractivity contribution in [3.63, 3.8) is 0 Å². The van der Waals surface area contributed by atoms with Crippen LogP contribution in [0, 0.1) is 0 Å². The van der Waals surface area contributed by atoms with Crippen molar-refractivity contribution in [1.29, 1.82) is 0 Å². The average Bonchev–Trinajstić information content (AvgIpc) is 2.66. The second-order valence-corrected chi connectivity index (χ2v) is 5.62. The highest BCUT2D eigenvalue weighted by Gasteiger charge is 2.15. The molecule has 0 aliphatic carbocycles. The number of nitrogens with zero attached hydrogens (tertiary/aromatic N) is 1. The molecule has 0 spiro atoms. The maximum Gasteiger partial charge on any atom is 0.410 e. The van der Waals surface area contributed by atoms with Gasteiger partial charge in [0.2, 0.25) is 0 Å². The quantitative estimate of drug-likeness (QED) is 0.514. The molecule has 0 saturated carbocycles. The Bertz CT molecular complexity index is 655. The lowest BCUT2D eigenvalue weighted by Crippen LogP contribution is -2.32. The minimum absolute atomic E-state index is 0.196. The summed E-state index contributed by atoms with van der Waals surface area (Å²) in [6.07, 6.45) is 1.53. The molecule has 0 fully saturated rings. The highest BCUT2D eigenvalue weighted by atomic mass is 16.6. The Morgan fingerprint density at radius 3 is 2.40 bits per heavy atom. The van der Waals surface area contributed by atoms with E-state index in [0.29, 0.717) is 25.9 Å². The van der Waals surface area contributed by atoms with Crippen molar-refractivity contribution >= 4 is 12.4 Å². The fraction of sp³-hybridized carbons (Fsp3) is 0.300. The molecule has 0 heterocycles. The van der Waals surface area contributed by atoms with Gasteiger partial charge in [0.1, 0.15) is 18.6 Å². The lowest BCUT2D eigenvalue weighted by Gasteiger charge is -2.22. The Balaban J connectivity index is 1.94. The largest absolute Gasteiger partial charge is 0.497 e. The van der Waals surface area contributed by atoms with E-state index in [0.717, 1.165) is 23.2 Å². The molecule has 2 aromatic carbocycles. The molecule has 0 N–H and O–H groups in total. The van der Waals surface area contributed by atoms with Crippen molar-refractivity contribution in [1.82, 2.24) is 4.90 Å². The van der Waals surface area contributed by atoms with Crippen LogP contribution in [0.2, 0.25) is 0 Å². The van der Waals surface area contributed by atoms with Gasteiger partial charge in [0, 0.05) is 19.5 Å². The SMILES string of the molecule is COc1ccc(COC(=O)N(CCCC=O)Cc2ccccc2)cc1. The van der Waals surface area contributed by atoms with Crippen LogP contribution in [-0.4, -0.2) is 30.9 Å². The number of ether oxygens (including phenoxy) is 2. The van der Waals surface area contributed by atoms with Gasteiger partial charge in [0.15, 0.2) is 0 Å². The van der Waals surface area contributed by atoms with Gasteiger partial charge in [0.25, 0.3) is 0 Å². The molecule has 5 nitrogen and oxygen atoms in total. The number of rotatable bonds is 9. The average molecular weight is 341 g/mol. The molecule has 0 saturated heterocycles. The van der Waals surface area contributed by atoms with Gasteiger partial charge >= 0.3 is 6.09 Å². The van der Waals surface area contributed by atoms with Gasteiger partial charge < -0.3 is 19.2 Å². The Hall–Kier alpha value is -2.82. The summed E-state index contributed by atoms with van der Waals surface area (Å²) in [5.41, 5.74) is 1.91. The first-order chi connectivity index (χ1) is 12.2. The molecular formula is C20H23NO4. The van der Waals surface area contributed by atoms with Crippen LogP contribution in [-0.2, 0) is 22.7 Å². The van der Waals surface area contributed by atoms with Crippen molar-refractivity contribution in [2.45, 2.75) is 26.0 Å². The first-order valence-corrected chi connectivity index (χ1v) is 8.25. The molecular weight excluding hydrogens is 318 g/mol. The number of carbonyl (C=O) groups is 2. The zero-order chi connectivity index (χ0) is 17.9. The van der Waals surface area contributed by atoms with E-state index in [1.54, 1.807) is 12.0 Å². The highest BCUT2D eigenvalue weighted by Crippen LogP contribution is 2.13. The molecule has 0 aromatic heterocycles. The van der Waals surface area contributed by atoms with Crippen molar-refractivity contribution in [2.24, 2.45) is 0 Å². The van der Waals surface area contributed by atoms with E-state index in [2.05, 4.69) is 0 Å². The van der Waals surface area contributed by atoms with E-state index in [9.17, 15) is 9.59 Å². The van der Waals surface area contributed by atoms with E-state index in [1.165, 1.54) is 0 Å². The van der Waals surface area contributed by atoms with E-state index in [1.807, 2.05) is 54.6 Å². The third-order valence-electron chi connectivity index (χ3n) is 3.75. The Kier molecular flexibility index (Phi) is 7.50. The van der Waals surface area contributed by atoms with Crippen LogP contribution >= 0.6 is 0 Å². The minimum Gasteiger partial charge on any atom is -0.497 e. The second-order valence-electron chi connectivity index (χ2n) is 5.62. The van der Waals surface area contributed by atoms with Gasteiger partial charge in [-0.2, -0.15) is 0 Å². The topological polar surface area (TPSA) is 55.8 Å². The first-order valence-electron chi connectivity index (χ1n) is 8.25. The van der Waals surface area contributed by atoms with Gasteiger partial charge in [-0.15, -0.1) is 0 Å². The molecule has 1 amide bonds. The third-order valence-corrected chi connectivity index (χ3v) is 3.75. The molecule has 0 radical (unpaired) electrons. The van der Waals surface area contributed by atoms with Crippen molar-refractivity contribution in [3.8, 4) is 5.75 Å². The highest BCUT2D eigenvalue weighted by molar-refractivity contribution is 5.67. The standard InChI is InChI=1S/C20H23NO4/c1-24-19-11-9-18(10-12-19)16-25-20(23)21(13-5-6-14-22)15-17-7-3-2-4-8-17/h2-4,7-12,14H,5-6,13,15-16H2,1H3. The molecule has 2 aromatic rings. The summed E-state index contributed by atoms with van der Waals surface area (Å²) in [5, 5.41) is 0. The van der Waals surface area contributed by atoms with Crippen LogP contribution in [0.3, 0.4) is 0 Å². The number of hydrogen-bond acceptors (Lipinski definition) is 4. The lowest BCUT2D eigenvalue weighted by molar-refractivity contribution is -0.108. The van der Waals surface area contributed by atoms with Crippen LogP contribution in [0.1, 0.15) is 24.0 Å². The summed E-state index contributed by atoms with van der Waals surface area (Å²) < 4.78 is 10.5. The predicted molar refractivity (Wildman–Crippen MR) is 95.3 cm³/mol. The van der Waals surface area contributed by atoms with Gasteiger partial charge in [-0.3, -0.25) is 0 Å². The summed E-state index contributed by atoms with van der Waals surface area (Å²) in [7, 11) is 1.61. The number of aldehydes is 1. The zero-order valence-corrected chi connectivity index (χ0v) is 14.4. The smallest absolute Gasteiger partial charge is 0.410 e. The monoisotopic (exact) mass is 341 g/mol. The first kappa shape index (κ1) is 18.5. The van der Waals surface area contributed by atoms with Crippen molar-refractivity contribution < 1.29 is 19.1 Å². The van der Waals surface area contributed by atoms with E-state index < -0.39 is 0 Å². The van der Waals surface area contributed by atoms with Gasteiger partial charge in [-0.1, -0.05) is 42.5 Å². The summed E-state index contributed by atoms with van der Waals surface area (Å²) >= 11 is 0. The minimum atomic E-state index is -0.384. The predicted octanol–water partition coefficient (Wildman–Crippen LogP) is 3.81. The fourth-order valence-corrected chi connectivity index (χ4v) is 2.36. The molecule has 2 rings (SSSR count). The number of unbranched alkanes of at least 4 members (excludes halogenated alkanes) is 1. The Labute approximate surface area is 148 Å². The van der Waals surface area contributed by atoms with Gasteiger partial charge in [-0.05, 0) is 29.7 Å². The maximum atomic E-state index is 12.4. The van der Waals surface area contributed by atoms with Gasteiger partial charge in [-0.25, -0.2) is 4.79 Å². The van der Waals surface area contributed by atoms with Crippen LogP contribution in [0.5, 0.6) is 5.75 Å². The van der Waals surface area contributed by atoms with Crippen LogP contribution in [0.25, 0.3) is 0 Å². The fourth-order valence-electron chi connectivity index (χ4n) is 2.36. The molecule has 5 heteroatoms. The number of benzene rings is 2. The van der Waals surface area contributed by atoms with Crippen molar-refractivity contribution in [3.05, 3.63) is 65.7 Å². The normalized spacial score (nSPS) is 10.1. The third kappa shape index (κ3) is 6.30. The lowest BCUT2D eigenvalue weighted by atomic mass is 10.2. The second kappa shape index (κ2) is 10.1. The Morgan fingerprint density at radius 1 is 1.04 bits per heavy atom. The van der Waals surface area contributed by atoms with Crippen LogP contribution in [0.15, 0.2) is 54.6 Å². The maximum absolute atomic E-state index is 12.4. The molecule has 0 bridgehead atoms. The summed E-state index contributed by atoms with van der Waals surface area (Å²) in [5.74, 6) is 0.759. The van der Waals surface area contributed by atoms with Crippen molar-refractivity contribution in [2.75, 3.05) is 13.7 Å². The zero-order valence-electron chi connectivity index (χ0n) is 14.4. The number of methoxy groups -OCH3 is 1.